The van der Waals surface area contributed by atoms with Gasteiger partial charge in [-0.3, -0.25) is 4.90 Å². The second kappa shape index (κ2) is 6.51. The Morgan fingerprint density at radius 3 is 2.39 bits per heavy atom. The van der Waals surface area contributed by atoms with E-state index in [4.69, 9.17) is 5.26 Å². The van der Waals surface area contributed by atoms with Gasteiger partial charge >= 0.3 is 0 Å². The molecule has 0 N–H and O–H groups in total. The average molecular weight is 248 g/mol. The molecule has 1 rings (SSSR count). The normalized spacial score (nSPS) is 11.3. The fourth-order valence-corrected chi connectivity index (χ4v) is 1.97. The lowest BCUT2D eigenvalue weighted by Crippen LogP contribution is -2.33. The van der Waals surface area contributed by atoms with Crippen LogP contribution in [0, 0.1) is 23.1 Å². The Balaban J connectivity index is 2.87. The minimum atomic E-state index is -0.336. The summed E-state index contributed by atoms with van der Waals surface area (Å²) in [7, 11) is 0. The van der Waals surface area contributed by atoms with E-state index in [1.165, 1.54) is 12.1 Å². The molecule has 0 amide bonds. The first-order valence-corrected chi connectivity index (χ1v) is 6.36. The first-order valence-electron chi connectivity index (χ1n) is 6.36. The maximum Gasteiger partial charge on any atom is 0.124 e. The fourth-order valence-electron chi connectivity index (χ4n) is 1.97. The van der Waals surface area contributed by atoms with Gasteiger partial charge in [0.1, 0.15) is 5.82 Å². The first kappa shape index (κ1) is 14.7. The van der Waals surface area contributed by atoms with Gasteiger partial charge in [0, 0.05) is 19.1 Å². The van der Waals surface area contributed by atoms with E-state index in [1.807, 2.05) is 6.07 Å². The summed E-state index contributed by atoms with van der Waals surface area (Å²) in [6.45, 7) is 10.3. The Kier molecular flexibility index (Phi) is 5.30. The van der Waals surface area contributed by atoms with Gasteiger partial charge in [-0.1, -0.05) is 13.8 Å². The van der Waals surface area contributed by atoms with Gasteiger partial charge in [0.15, 0.2) is 0 Å². The van der Waals surface area contributed by atoms with E-state index in [-0.39, 0.29) is 5.82 Å². The van der Waals surface area contributed by atoms with Crippen molar-refractivity contribution in [2.75, 3.05) is 6.54 Å². The zero-order valence-electron chi connectivity index (χ0n) is 11.6. The Morgan fingerprint density at radius 2 is 1.89 bits per heavy atom. The van der Waals surface area contributed by atoms with Gasteiger partial charge in [-0.2, -0.15) is 5.26 Å². The zero-order chi connectivity index (χ0) is 13.7. The number of nitrogens with zero attached hydrogens (tertiary/aromatic N) is 2. The molecule has 0 aliphatic carbocycles. The number of benzene rings is 1. The number of nitriles is 1. The Labute approximate surface area is 109 Å². The SMILES string of the molecule is CC(C)CN(Cc1cc(F)cc(C#N)c1)C(C)C. The predicted octanol–water partition coefficient (Wildman–Crippen LogP) is 3.56. The van der Waals surface area contributed by atoms with Crippen LogP contribution >= 0.6 is 0 Å². The van der Waals surface area contributed by atoms with Gasteiger partial charge in [0.2, 0.25) is 0 Å². The van der Waals surface area contributed by atoms with Crippen LogP contribution in [0.1, 0.15) is 38.8 Å². The Hall–Kier alpha value is -1.40. The van der Waals surface area contributed by atoms with E-state index in [2.05, 4.69) is 32.6 Å². The highest BCUT2D eigenvalue weighted by molar-refractivity contribution is 5.33. The molecule has 0 spiro atoms. The zero-order valence-corrected chi connectivity index (χ0v) is 11.6. The van der Waals surface area contributed by atoms with Crippen LogP contribution in [0.2, 0.25) is 0 Å². The molecule has 0 aliphatic heterocycles. The van der Waals surface area contributed by atoms with Crippen LogP contribution in [0.25, 0.3) is 0 Å². The van der Waals surface area contributed by atoms with Crippen LogP contribution in [-0.4, -0.2) is 17.5 Å². The van der Waals surface area contributed by atoms with E-state index in [0.717, 1.165) is 12.1 Å². The van der Waals surface area contributed by atoms with Gasteiger partial charge in [-0.05, 0) is 43.5 Å². The van der Waals surface area contributed by atoms with Crippen molar-refractivity contribution >= 4 is 0 Å². The van der Waals surface area contributed by atoms with Crippen molar-refractivity contribution in [3.05, 3.63) is 35.1 Å². The van der Waals surface area contributed by atoms with Crippen molar-refractivity contribution in [2.24, 2.45) is 5.92 Å². The van der Waals surface area contributed by atoms with Crippen LogP contribution in [-0.2, 0) is 6.54 Å². The van der Waals surface area contributed by atoms with Gasteiger partial charge in [0.05, 0.1) is 11.6 Å². The van der Waals surface area contributed by atoms with Gasteiger partial charge in [-0.25, -0.2) is 4.39 Å². The highest BCUT2D eigenvalue weighted by Crippen LogP contribution is 2.14. The lowest BCUT2D eigenvalue weighted by molar-refractivity contribution is 0.189. The second-order valence-electron chi connectivity index (χ2n) is 5.38. The molecule has 0 unspecified atom stereocenters. The van der Waals surface area contributed by atoms with Crippen molar-refractivity contribution in [2.45, 2.75) is 40.3 Å². The molecule has 3 heteroatoms. The summed E-state index contributed by atoms with van der Waals surface area (Å²) in [5.74, 6) is 0.230. The molecule has 0 fully saturated rings. The predicted molar refractivity (Wildman–Crippen MR) is 71.5 cm³/mol. The maximum atomic E-state index is 13.4. The minimum absolute atomic E-state index is 0.336. The quantitative estimate of drug-likeness (QED) is 0.796. The molecule has 0 saturated heterocycles. The molecular formula is C15H21FN2. The van der Waals surface area contributed by atoms with Crippen molar-refractivity contribution in [1.29, 1.82) is 5.26 Å². The lowest BCUT2D eigenvalue weighted by atomic mass is 10.1. The highest BCUT2D eigenvalue weighted by atomic mass is 19.1. The molecule has 1 aromatic rings. The minimum Gasteiger partial charge on any atom is -0.296 e. The maximum absolute atomic E-state index is 13.4. The summed E-state index contributed by atoms with van der Waals surface area (Å²) in [6, 6.07) is 6.94. The van der Waals surface area contributed by atoms with Crippen molar-refractivity contribution in [3.8, 4) is 6.07 Å². The van der Waals surface area contributed by atoms with Crippen molar-refractivity contribution < 1.29 is 4.39 Å². The largest absolute Gasteiger partial charge is 0.296 e. The molecule has 2 nitrogen and oxygen atoms in total. The summed E-state index contributed by atoms with van der Waals surface area (Å²) in [4.78, 5) is 2.29. The summed E-state index contributed by atoms with van der Waals surface area (Å²) < 4.78 is 13.4. The van der Waals surface area contributed by atoms with Crippen molar-refractivity contribution in [3.63, 3.8) is 0 Å². The molecule has 0 heterocycles. The summed E-state index contributed by atoms with van der Waals surface area (Å²) >= 11 is 0. The molecule has 1 aromatic carbocycles. The van der Waals surface area contributed by atoms with E-state index >= 15 is 0 Å². The number of hydrogen-bond acceptors (Lipinski definition) is 2. The van der Waals surface area contributed by atoms with Crippen LogP contribution < -0.4 is 0 Å². The molecule has 18 heavy (non-hydrogen) atoms. The van der Waals surface area contributed by atoms with Gasteiger partial charge < -0.3 is 0 Å². The number of halogens is 1. The fraction of sp³-hybridized carbons (Fsp3) is 0.533. The molecule has 0 aliphatic rings. The van der Waals surface area contributed by atoms with Crippen LogP contribution in [0.3, 0.4) is 0 Å². The molecule has 98 valence electrons. The lowest BCUT2D eigenvalue weighted by Gasteiger charge is -2.28. The molecule has 0 bridgehead atoms. The summed E-state index contributed by atoms with van der Waals surface area (Å²) in [6.07, 6.45) is 0. The van der Waals surface area contributed by atoms with Crippen LogP contribution in [0.5, 0.6) is 0 Å². The first-order chi connectivity index (χ1) is 8.42. The second-order valence-corrected chi connectivity index (χ2v) is 5.38. The standard InChI is InChI=1S/C15H21FN2/c1-11(2)9-18(12(3)4)10-14-5-13(8-17)6-15(16)7-14/h5-7,11-12H,9-10H2,1-4H3. The third-order valence-electron chi connectivity index (χ3n) is 2.80. The van der Waals surface area contributed by atoms with Crippen LogP contribution in [0.15, 0.2) is 18.2 Å². The monoisotopic (exact) mass is 248 g/mol. The van der Waals surface area contributed by atoms with Gasteiger partial charge in [-0.15, -0.1) is 0 Å². The topological polar surface area (TPSA) is 27.0 Å². The Bertz CT molecular complexity index is 433. The number of rotatable bonds is 5. The Morgan fingerprint density at radius 1 is 1.22 bits per heavy atom. The molecule has 0 aromatic heterocycles. The smallest absolute Gasteiger partial charge is 0.124 e. The molecule has 0 radical (unpaired) electrons. The van der Waals surface area contributed by atoms with E-state index < -0.39 is 0 Å². The third-order valence-corrected chi connectivity index (χ3v) is 2.80. The summed E-state index contributed by atoms with van der Waals surface area (Å²) in [5.41, 5.74) is 1.25. The molecular weight excluding hydrogens is 227 g/mol. The third kappa shape index (κ3) is 4.46. The van der Waals surface area contributed by atoms with E-state index in [0.29, 0.717) is 24.1 Å². The molecule has 0 saturated carbocycles. The average Bonchev–Trinajstić information content (AvgIpc) is 2.26. The number of hydrogen-bond donors (Lipinski definition) is 0. The van der Waals surface area contributed by atoms with E-state index in [9.17, 15) is 4.39 Å². The van der Waals surface area contributed by atoms with Gasteiger partial charge in [0.25, 0.3) is 0 Å². The summed E-state index contributed by atoms with van der Waals surface area (Å²) in [5, 5.41) is 8.84. The highest BCUT2D eigenvalue weighted by Gasteiger charge is 2.12. The molecule has 0 atom stereocenters. The van der Waals surface area contributed by atoms with Crippen molar-refractivity contribution in [1.82, 2.24) is 4.90 Å². The van der Waals surface area contributed by atoms with Crippen LogP contribution in [0.4, 0.5) is 4.39 Å². The van der Waals surface area contributed by atoms with E-state index in [1.54, 1.807) is 6.07 Å².